The molecule has 0 radical (unpaired) electrons. The first-order valence-electron chi connectivity index (χ1n) is 7.99. The molecule has 1 aromatic carbocycles. The van der Waals surface area contributed by atoms with Crippen LogP contribution in [0.3, 0.4) is 0 Å². The van der Waals surface area contributed by atoms with Gasteiger partial charge in [-0.25, -0.2) is 0 Å². The van der Waals surface area contributed by atoms with Gasteiger partial charge in [-0.15, -0.1) is 0 Å². The van der Waals surface area contributed by atoms with Gasteiger partial charge in [0.2, 0.25) is 5.78 Å². The number of para-hydroxylation sites is 1. The molecule has 0 atom stereocenters. The number of rotatable bonds is 1. The van der Waals surface area contributed by atoms with E-state index in [9.17, 15) is 9.90 Å². The van der Waals surface area contributed by atoms with E-state index >= 15 is 0 Å². The van der Waals surface area contributed by atoms with Crippen LogP contribution < -0.4 is 4.90 Å². The number of phenolic OH excluding ortho intramolecular Hbond substituents is 1. The van der Waals surface area contributed by atoms with Gasteiger partial charge in [0.05, 0.1) is 5.69 Å². The highest BCUT2D eigenvalue weighted by Gasteiger charge is 2.18. The van der Waals surface area contributed by atoms with Crippen LogP contribution in [0, 0.1) is 0 Å². The Morgan fingerprint density at radius 1 is 1.04 bits per heavy atom. The molecule has 0 saturated carbocycles. The van der Waals surface area contributed by atoms with Gasteiger partial charge >= 0.3 is 0 Å². The predicted molar refractivity (Wildman–Crippen MR) is 99.3 cm³/mol. The minimum absolute atomic E-state index is 0.0751. The molecule has 0 spiro atoms. The summed E-state index contributed by atoms with van der Waals surface area (Å²) in [7, 11) is 1.92. The summed E-state index contributed by atoms with van der Waals surface area (Å²) in [6.07, 6.45) is 12.9. The Bertz CT molecular complexity index is 997. The second-order valence-corrected chi connectivity index (χ2v) is 5.92. The molecule has 25 heavy (non-hydrogen) atoms. The van der Waals surface area contributed by atoms with Gasteiger partial charge in [-0.3, -0.25) is 9.78 Å². The first-order valence-corrected chi connectivity index (χ1v) is 7.99. The first-order chi connectivity index (χ1) is 12.1. The lowest BCUT2D eigenvalue weighted by atomic mass is 9.95. The highest BCUT2D eigenvalue weighted by Crippen LogP contribution is 2.37. The zero-order valence-corrected chi connectivity index (χ0v) is 13.7. The fraction of sp³-hybridized carbons (Fsp3) is 0.0476. The average Bonchev–Trinajstić information content (AvgIpc) is 2.63. The number of ketones is 1. The van der Waals surface area contributed by atoms with E-state index in [-0.39, 0.29) is 11.5 Å². The van der Waals surface area contributed by atoms with Crippen LogP contribution in [0.25, 0.3) is 11.6 Å². The molecule has 2 aliphatic rings. The third-order valence-corrected chi connectivity index (χ3v) is 4.40. The number of phenols is 1. The summed E-state index contributed by atoms with van der Waals surface area (Å²) < 4.78 is 0. The van der Waals surface area contributed by atoms with Gasteiger partial charge in [-0.05, 0) is 35.9 Å². The molecule has 4 nitrogen and oxygen atoms in total. The lowest BCUT2D eigenvalue weighted by Crippen LogP contribution is -2.18. The molecule has 0 bridgehead atoms. The molecule has 1 N–H and O–H groups in total. The molecule has 4 rings (SSSR count). The Kier molecular flexibility index (Phi) is 3.58. The predicted octanol–water partition coefficient (Wildman–Crippen LogP) is 3.97. The Labute approximate surface area is 145 Å². The topological polar surface area (TPSA) is 53.4 Å². The Morgan fingerprint density at radius 3 is 2.80 bits per heavy atom. The summed E-state index contributed by atoms with van der Waals surface area (Å²) in [5.74, 6) is 0.176. The molecular formula is C21H16N2O2. The van der Waals surface area contributed by atoms with Crippen molar-refractivity contribution >= 4 is 23.1 Å². The van der Waals surface area contributed by atoms with Gasteiger partial charge < -0.3 is 10.0 Å². The van der Waals surface area contributed by atoms with Gasteiger partial charge in [0.1, 0.15) is 11.4 Å². The van der Waals surface area contributed by atoms with E-state index in [1.807, 2.05) is 60.5 Å². The van der Waals surface area contributed by atoms with Crippen LogP contribution in [0.15, 0.2) is 72.6 Å². The third kappa shape index (κ3) is 2.58. The van der Waals surface area contributed by atoms with Gasteiger partial charge in [0, 0.05) is 30.1 Å². The molecule has 0 unspecified atom stereocenters. The second-order valence-electron chi connectivity index (χ2n) is 5.92. The molecule has 0 amide bonds. The number of carbonyl (C=O) groups is 1. The van der Waals surface area contributed by atoms with Crippen molar-refractivity contribution < 1.29 is 9.90 Å². The van der Waals surface area contributed by atoms with Crippen molar-refractivity contribution in [3.05, 3.63) is 89.4 Å². The summed E-state index contributed by atoms with van der Waals surface area (Å²) in [6.45, 7) is 0. The van der Waals surface area contributed by atoms with Crippen molar-refractivity contribution in [2.45, 2.75) is 0 Å². The SMILES string of the molecule is CN1C(=CC=C2C=CC(=O)c3ncccc32)C=Cc2cccc(O)c21. The van der Waals surface area contributed by atoms with Crippen LogP contribution in [-0.2, 0) is 0 Å². The molecular weight excluding hydrogens is 312 g/mol. The van der Waals surface area contributed by atoms with Crippen molar-refractivity contribution in [1.29, 1.82) is 0 Å². The van der Waals surface area contributed by atoms with Crippen LogP contribution in [0.5, 0.6) is 5.75 Å². The summed E-state index contributed by atoms with van der Waals surface area (Å²) in [6, 6.07) is 9.20. The van der Waals surface area contributed by atoms with Crippen molar-refractivity contribution in [2.24, 2.45) is 0 Å². The summed E-state index contributed by atoms with van der Waals surface area (Å²) in [4.78, 5) is 18.1. The standard InChI is InChI=1S/C21H16N2O2/c1-23-16(11-8-15-4-2-6-19(25)21(15)23)10-7-14-9-12-18(24)20-17(14)5-3-13-22-20/h2-13,25H,1H3. The van der Waals surface area contributed by atoms with Gasteiger partial charge in [-0.1, -0.05) is 36.4 Å². The Hall–Kier alpha value is -3.40. The zero-order chi connectivity index (χ0) is 17.4. The minimum Gasteiger partial charge on any atom is -0.506 e. The highest BCUT2D eigenvalue weighted by molar-refractivity contribution is 6.11. The number of hydrogen-bond acceptors (Lipinski definition) is 4. The van der Waals surface area contributed by atoms with E-state index in [0.717, 1.165) is 28.1 Å². The number of allylic oxidation sites excluding steroid dienone is 6. The van der Waals surface area contributed by atoms with Crippen molar-refractivity contribution in [3.8, 4) is 5.75 Å². The number of carbonyl (C=O) groups excluding carboxylic acids is 1. The zero-order valence-electron chi connectivity index (χ0n) is 13.7. The van der Waals surface area contributed by atoms with E-state index in [1.54, 1.807) is 24.4 Å². The maximum absolute atomic E-state index is 11.9. The molecule has 0 saturated heterocycles. The van der Waals surface area contributed by atoms with Crippen molar-refractivity contribution in [3.63, 3.8) is 0 Å². The van der Waals surface area contributed by atoms with Crippen molar-refractivity contribution in [2.75, 3.05) is 11.9 Å². The smallest absolute Gasteiger partial charge is 0.204 e. The monoisotopic (exact) mass is 328 g/mol. The molecule has 122 valence electrons. The van der Waals surface area contributed by atoms with Gasteiger partial charge in [0.25, 0.3) is 0 Å². The lowest BCUT2D eigenvalue weighted by Gasteiger charge is -2.27. The number of hydrogen-bond donors (Lipinski definition) is 1. The number of pyridine rings is 1. The minimum atomic E-state index is -0.0751. The van der Waals surface area contributed by atoms with Crippen LogP contribution in [0.2, 0.25) is 0 Å². The summed E-state index contributed by atoms with van der Waals surface area (Å²) in [5, 5.41) is 10.1. The van der Waals surface area contributed by atoms with E-state index in [4.69, 9.17) is 0 Å². The molecule has 0 fully saturated rings. The fourth-order valence-electron chi connectivity index (χ4n) is 3.12. The average molecular weight is 328 g/mol. The van der Waals surface area contributed by atoms with Crippen LogP contribution in [-0.4, -0.2) is 22.9 Å². The summed E-state index contributed by atoms with van der Waals surface area (Å²) in [5.41, 5.74) is 4.94. The molecule has 2 heterocycles. The maximum atomic E-state index is 11.9. The fourth-order valence-corrected chi connectivity index (χ4v) is 3.12. The highest BCUT2D eigenvalue weighted by atomic mass is 16.3. The quantitative estimate of drug-likeness (QED) is 0.860. The van der Waals surface area contributed by atoms with E-state index < -0.39 is 0 Å². The largest absolute Gasteiger partial charge is 0.506 e. The van der Waals surface area contributed by atoms with E-state index in [0.29, 0.717) is 5.69 Å². The van der Waals surface area contributed by atoms with E-state index in [2.05, 4.69) is 4.98 Å². The number of anilines is 1. The second kappa shape index (κ2) is 5.91. The Morgan fingerprint density at radius 2 is 1.92 bits per heavy atom. The number of likely N-dealkylation sites (N-methyl/N-ethyl adjacent to an activating group) is 1. The molecule has 1 aliphatic heterocycles. The van der Waals surface area contributed by atoms with Crippen LogP contribution >= 0.6 is 0 Å². The summed E-state index contributed by atoms with van der Waals surface area (Å²) >= 11 is 0. The normalized spacial score (nSPS) is 18.6. The van der Waals surface area contributed by atoms with Crippen LogP contribution in [0.1, 0.15) is 21.6 Å². The molecule has 4 heteroatoms. The van der Waals surface area contributed by atoms with Gasteiger partial charge in [-0.2, -0.15) is 0 Å². The Balaban J connectivity index is 1.74. The van der Waals surface area contributed by atoms with E-state index in [1.165, 1.54) is 0 Å². The van der Waals surface area contributed by atoms with Crippen LogP contribution in [0.4, 0.5) is 5.69 Å². The van der Waals surface area contributed by atoms with Gasteiger partial charge in [0.15, 0.2) is 0 Å². The van der Waals surface area contributed by atoms with Crippen molar-refractivity contribution in [1.82, 2.24) is 4.98 Å². The first kappa shape index (κ1) is 15.1. The number of nitrogens with zero attached hydrogens (tertiary/aromatic N) is 2. The number of aromatic nitrogens is 1. The number of benzene rings is 1. The third-order valence-electron chi connectivity index (χ3n) is 4.40. The maximum Gasteiger partial charge on any atom is 0.204 e. The lowest BCUT2D eigenvalue weighted by molar-refractivity contribution is 0.104. The number of fused-ring (bicyclic) bond motifs is 2. The molecule has 1 aromatic heterocycles. The number of aromatic hydroxyl groups is 1. The molecule has 1 aliphatic carbocycles. The molecule has 2 aromatic rings.